The van der Waals surface area contributed by atoms with Gasteiger partial charge in [-0.3, -0.25) is 5.10 Å². The number of rotatable bonds is 5. The predicted molar refractivity (Wildman–Crippen MR) is 121 cm³/mol. The Morgan fingerprint density at radius 1 is 1.17 bits per heavy atom. The summed E-state index contributed by atoms with van der Waals surface area (Å²) in [5, 5.41) is 7.09. The average Bonchev–Trinajstić information content (AvgIpc) is 3.24. The molecule has 0 atom stereocenters. The van der Waals surface area contributed by atoms with Crippen molar-refractivity contribution in [1.82, 2.24) is 29.5 Å². The number of nitrogens with two attached hydrogens (primary N) is 2. The molecule has 0 bridgehead atoms. The molecule has 3 heterocycles. The summed E-state index contributed by atoms with van der Waals surface area (Å²) in [5.74, 6) is 1.80. The van der Waals surface area contributed by atoms with Crippen molar-refractivity contribution in [3.8, 4) is 22.9 Å². The number of aromatic nitrogens is 5. The van der Waals surface area contributed by atoms with Crippen molar-refractivity contribution in [2.45, 2.75) is 6.92 Å². The minimum Gasteiger partial charge on any atom is -0.399 e. The third-order valence-electron chi connectivity index (χ3n) is 4.96. The summed E-state index contributed by atoms with van der Waals surface area (Å²) in [5.41, 5.74) is 13.6. The zero-order chi connectivity index (χ0) is 21.3. The molecule has 1 saturated heterocycles. The van der Waals surface area contributed by atoms with Gasteiger partial charge in [-0.15, -0.1) is 0 Å². The molecule has 4 rings (SSSR count). The van der Waals surface area contributed by atoms with Gasteiger partial charge in [0.25, 0.3) is 0 Å². The summed E-state index contributed by atoms with van der Waals surface area (Å²) in [6.45, 7) is 3.48. The maximum atomic E-state index is 12.1. The number of nitrogens with zero attached hydrogens (tertiary/aromatic N) is 6. The minimum atomic E-state index is -3.19. The Bertz CT molecular complexity index is 1170. The van der Waals surface area contributed by atoms with Crippen molar-refractivity contribution < 1.29 is 12.7 Å². The summed E-state index contributed by atoms with van der Waals surface area (Å²) >= 11 is 0. The van der Waals surface area contributed by atoms with Crippen LogP contribution in [0.3, 0.4) is 0 Å². The summed E-state index contributed by atoms with van der Waals surface area (Å²) in [4.78, 5) is 15.3. The number of nitrogens with one attached hydrogen (secondary N) is 1. The van der Waals surface area contributed by atoms with Gasteiger partial charge < -0.3 is 16.4 Å². The second-order valence-corrected chi connectivity index (χ2v) is 9.14. The second-order valence-electron chi connectivity index (χ2n) is 6.88. The number of H-pyrrole nitrogens is 1. The van der Waals surface area contributed by atoms with Crippen LogP contribution >= 0.6 is 0 Å². The molecule has 1 fully saturated rings. The zero-order valence-corrected chi connectivity index (χ0v) is 17.3. The van der Waals surface area contributed by atoms with E-state index in [2.05, 4.69) is 25.1 Å². The predicted octanol–water partition coefficient (Wildman–Crippen LogP) is 1.30. The first-order chi connectivity index (χ1) is 14.4. The van der Waals surface area contributed by atoms with Gasteiger partial charge in [0.2, 0.25) is 10.0 Å². The third-order valence-corrected chi connectivity index (χ3v) is 6.84. The van der Waals surface area contributed by atoms with Crippen LogP contribution < -0.4 is 16.4 Å². The SMILES string of the molecule is CCS(=O)(=O)N1CCN(c2cnc(N)c(-c3nc(-c4cccc(N)c4)n[nH]3)n2)CC1.[HH].[HH].[HH]. The molecule has 0 radical (unpaired) electrons. The number of aromatic amines is 1. The van der Waals surface area contributed by atoms with Gasteiger partial charge in [0.1, 0.15) is 5.82 Å². The Kier molecular flexibility index (Phi) is 5.26. The van der Waals surface area contributed by atoms with Gasteiger partial charge in [-0.2, -0.15) is 9.40 Å². The first-order valence-corrected chi connectivity index (χ1v) is 11.1. The molecule has 11 nitrogen and oxygen atoms in total. The van der Waals surface area contributed by atoms with Crippen LogP contribution in [-0.4, -0.2) is 69.8 Å². The van der Waals surface area contributed by atoms with E-state index in [1.807, 2.05) is 17.0 Å². The van der Waals surface area contributed by atoms with E-state index in [0.717, 1.165) is 5.56 Å². The number of nitrogen functional groups attached to an aromatic ring is 2. The highest BCUT2D eigenvalue weighted by molar-refractivity contribution is 7.89. The molecule has 12 heteroatoms. The molecule has 3 aromatic rings. The maximum absolute atomic E-state index is 12.1. The van der Waals surface area contributed by atoms with Gasteiger partial charge >= 0.3 is 0 Å². The van der Waals surface area contributed by atoms with E-state index in [1.165, 1.54) is 4.31 Å². The lowest BCUT2D eigenvalue weighted by atomic mass is 10.2. The van der Waals surface area contributed by atoms with Crippen LogP contribution in [0.1, 0.15) is 11.2 Å². The number of hydrogen-bond donors (Lipinski definition) is 3. The first-order valence-electron chi connectivity index (χ1n) is 9.51. The molecule has 0 saturated carbocycles. The highest BCUT2D eigenvalue weighted by Gasteiger charge is 2.26. The van der Waals surface area contributed by atoms with E-state index < -0.39 is 10.0 Å². The monoisotopic (exact) mass is 435 g/mol. The third kappa shape index (κ3) is 3.91. The Balaban J connectivity index is 0.00000181. The van der Waals surface area contributed by atoms with Gasteiger partial charge in [0.05, 0.1) is 11.9 Å². The van der Waals surface area contributed by atoms with E-state index in [9.17, 15) is 8.42 Å². The summed E-state index contributed by atoms with van der Waals surface area (Å²) in [7, 11) is -3.19. The van der Waals surface area contributed by atoms with Crippen LogP contribution in [0.2, 0.25) is 0 Å². The first kappa shape index (κ1) is 20.0. The van der Waals surface area contributed by atoms with Crippen molar-refractivity contribution in [2.24, 2.45) is 0 Å². The van der Waals surface area contributed by atoms with Gasteiger partial charge in [0, 0.05) is 41.7 Å². The molecular formula is C18H29N9O2S. The summed E-state index contributed by atoms with van der Waals surface area (Å²) < 4.78 is 25.6. The van der Waals surface area contributed by atoms with E-state index in [4.69, 9.17) is 11.5 Å². The molecule has 1 aliphatic heterocycles. The molecule has 5 N–H and O–H groups in total. The largest absolute Gasteiger partial charge is 0.399 e. The Labute approximate surface area is 178 Å². The van der Waals surface area contributed by atoms with Gasteiger partial charge in [0.15, 0.2) is 23.2 Å². The molecule has 1 aliphatic rings. The molecule has 1 aromatic carbocycles. The van der Waals surface area contributed by atoms with Crippen LogP contribution in [0.5, 0.6) is 0 Å². The van der Waals surface area contributed by atoms with Crippen LogP contribution in [0, 0.1) is 0 Å². The Morgan fingerprint density at radius 3 is 2.63 bits per heavy atom. The lowest BCUT2D eigenvalue weighted by molar-refractivity contribution is 0.384. The normalized spacial score (nSPS) is 15.4. The van der Waals surface area contributed by atoms with Gasteiger partial charge in [-0.1, -0.05) is 12.1 Å². The molecule has 0 amide bonds. The van der Waals surface area contributed by atoms with Crippen molar-refractivity contribution in [2.75, 3.05) is 48.3 Å². The molecular weight excluding hydrogens is 406 g/mol. The van der Waals surface area contributed by atoms with E-state index in [1.54, 1.807) is 25.3 Å². The van der Waals surface area contributed by atoms with E-state index in [-0.39, 0.29) is 15.9 Å². The summed E-state index contributed by atoms with van der Waals surface area (Å²) in [6, 6.07) is 7.25. The zero-order valence-electron chi connectivity index (χ0n) is 16.5. The van der Waals surface area contributed by atoms with Crippen molar-refractivity contribution in [3.63, 3.8) is 0 Å². The van der Waals surface area contributed by atoms with Gasteiger partial charge in [-0.25, -0.2) is 23.4 Å². The lowest BCUT2D eigenvalue weighted by Crippen LogP contribution is -2.49. The lowest BCUT2D eigenvalue weighted by Gasteiger charge is -2.34. The quantitative estimate of drug-likeness (QED) is 0.502. The van der Waals surface area contributed by atoms with E-state index in [0.29, 0.717) is 55.0 Å². The number of benzene rings is 1. The molecule has 164 valence electrons. The molecule has 0 spiro atoms. The van der Waals surface area contributed by atoms with Crippen molar-refractivity contribution in [1.29, 1.82) is 0 Å². The topological polar surface area (TPSA) is 160 Å². The number of anilines is 3. The Hall–Kier alpha value is -3.25. The smallest absolute Gasteiger partial charge is 0.213 e. The van der Waals surface area contributed by atoms with Crippen LogP contribution in [0.4, 0.5) is 17.3 Å². The summed E-state index contributed by atoms with van der Waals surface area (Å²) in [6.07, 6.45) is 1.58. The Morgan fingerprint density at radius 2 is 1.93 bits per heavy atom. The minimum absolute atomic E-state index is 0. The maximum Gasteiger partial charge on any atom is 0.213 e. The highest BCUT2D eigenvalue weighted by Crippen LogP contribution is 2.25. The fourth-order valence-electron chi connectivity index (χ4n) is 3.27. The number of piperazine rings is 1. The fraction of sp³-hybridized carbons (Fsp3) is 0.333. The van der Waals surface area contributed by atoms with Crippen LogP contribution in [0.25, 0.3) is 22.9 Å². The van der Waals surface area contributed by atoms with Crippen molar-refractivity contribution in [3.05, 3.63) is 30.5 Å². The number of sulfonamides is 1. The molecule has 0 aliphatic carbocycles. The van der Waals surface area contributed by atoms with E-state index >= 15 is 0 Å². The average molecular weight is 436 g/mol. The highest BCUT2D eigenvalue weighted by atomic mass is 32.2. The molecule has 2 aromatic heterocycles. The standard InChI is InChI=1S/C18H23N9O2S.3H2/c1-2-30(28,29)27-8-6-26(7-9-27)14-11-21-16(20)15(22-14)18-23-17(24-25-18)12-4-3-5-13(19)10-12;;;/h3-5,10-11H,2,6-9,19H2,1H3,(H2,20,21)(H,23,24,25);3*1H. The number of hydrogen-bond acceptors (Lipinski definition) is 9. The van der Waals surface area contributed by atoms with Gasteiger partial charge in [-0.05, 0) is 19.1 Å². The second kappa shape index (κ2) is 7.88. The van der Waals surface area contributed by atoms with Crippen LogP contribution in [-0.2, 0) is 10.0 Å². The van der Waals surface area contributed by atoms with Crippen LogP contribution in [0.15, 0.2) is 30.5 Å². The molecule has 0 unspecified atom stereocenters. The van der Waals surface area contributed by atoms with Crippen molar-refractivity contribution >= 4 is 27.3 Å². The fourth-order valence-corrected chi connectivity index (χ4v) is 4.35. The molecule has 30 heavy (non-hydrogen) atoms.